The number of benzene rings is 2. The molecule has 0 amide bonds. The summed E-state index contributed by atoms with van der Waals surface area (Å²) in [5.74, 6) is 0. The molecule has 0 N–H and O–H groups in total. The first-order chi connectivity index (χ1) is 8.43. The molecular formula is C16H13N. The van der Waals surface area contributed by atoms with Crippen LogP contribution < -0.4 is 4.90 Å². The maximum Gasteiger partial charge on any atom is 0.0525 e. The van der Waals surface area contributed by atoms with Gasteiger partial charge in [0.2, 0.25) is 0 Å². The number of hydrogen-bond acceptors (Lipinski definition) is 1. The molecule has 0 aromatic heterocycles. The van der Waals surface area contributed by atoms with E-state index in [9.17, 15) is 0 Å². The van der Waals surface area contributed by atoms with E-state index in [-0.39, 0.29) is 0 Å². The molecule has 0 bridgehead atoms. The molecule has 0 unspecified atom stereocenters. The van der Waals surface area contributed by atoms with E-state index in [1.54, 1.807) is 0 Å². The topological polar surface area (TPSA) is 3.24 Å². The second kappa shape index (κ2) is 3.24. The van der Waals surface area contributed by atoms with E-state index in [2.05, 4.69) is 59.5 Å². The SMILES string of the molecule is C1=Cc2cc3ccccc3c3c2N(C1)CC=C3. The van der Waals surface area contributed by atoms with Crippen LogP contribution in [0, 0.1) is 0 Å². The number of anilines is 1. The predicted octanol–water partition coefficient (Wildman–Crippen LogP) is 3.70. The van der Waals surface area contributed by atoms with E-state index in [0.29, 0.717) is 0 Å². The minimum Gasteiger partial charge on any atom is -0.363 e. The molecule has 2 heterocycles. The summed E-state index contributed by atoms with van der Waals surface area (Å²) in [6, 6.07) is 10.9. The average Bonchev–Trinajstić information content (AvgIpc) is 2.39. The fourth-order valence-electron chi connectivity index (χ4n) is 2.90. The van der Waals surface area contributed by atoms with Crippen molar-refractivity contribution in [1.29, 1.82) is 0 Å². The Kier molecular flexibility index (Phi) is 1.72. The second-order valence-electron chi connectivity index (χ2n) is 4.66. The van der Waals surface area contributed by atoms with Gasteiger partial charge in [0.1, 0.15) is 0 Å². The Morgan fingerprint density at radius 2 is 1.76 bits per heavy atom. The first-order valence-electron chi connectivity index (χ1n) is 6.07. The van der Waals surface area contributed by atoms with E-state index >= 15 is 0 Å². The number of rotatable bonds is 0. The lowest BCUT2D eigenvalue weighted by molar-refractivity contribution is 0.939. The van der Waals surface area contributed by atoms with Gasteiger partial charge in [-0.25, -0.2) is 0 Å². The molecule has 4 rings (SSSR count). The number of fused-ring (bicyclic) bond motifs is 2. The Morgan fingerprint density at radius 3 is 2.71 bits per heavy atom. The zero-order valence-electron chi connectivity index (χ0n) is 9.56. The normalized spacial score (nSPS) is 16.4. The summed E-state index contributed by atoms with van der Waals surface area (Å²) in [5.41, 5.74) is 4.15. The minimum absolute atomic E-state index is 1.03. The van der Waals surface area contributed by atoms with E-state index < -0.39 is 0 Å². The summed E-state index contributed by atoms with van der Waals surface area (Å²) >= 11 is 0. The molecule has 82 valence electrons. The third-order valence-electron chi connectivity index (χ3n) is 3.64. The lowest BCUT2D eigenvalue weighted by atomic mass is 9.93. The Morgan fingerprint density at radius 1 is 0.941 bits per heavy atom. The highest BCUT2D eigenvalue weighted by Crippen LogP contribution is 2.38. The van der Waals surface area contributed by atoms with Gasteiger partial charge in [-0.3, -0.25) is 0 Å². The maximum atomic E-state index is 2.44. The molecule has 0 aliphatic carbocycles. The van der Waals surface area contributed by atoms with Crippen molar-refractivity contribution >= 4 is 28.6 Å². The van der Waals surface area contributed by atoms with E-state index in [1.807, 2.05) is 0 Å². The summed E-state index contributed by atoms with van der Waals surface area (Å²) in [7, 11) is 0. The van der Waals surface area contributed by atoms with Crippen LogP contribution in [0.1, 0.15) is 11.1 Å². The highest BCUT2D eigenvalue weighted by Gasteiger charge is 2.20. The van der Waals surface area contributed by atoms with Gasteiger partial charge >= 0.3 is 0 Å². The van der Waals surface area contributed by atoms with Crippen molar-refractivity contribution in [3.8, 4) is 0 Å². The second-order valence-corrected chi connectivity index (χ2v) is 4.66. The van der Waals surface area contributed by atoms with Crippen molar-refractivity contribution in [2.75, 3.05) is 18.0 Å². The highest BCUT2D eigenvalue weighted by atomic mass is 15.1. The van der Waals surface area contributed by atoms with Gasteiger partial charge < -0.3 is 4.90 Å². The van der Waals surface area contributed by atoms with Crippen molar-refractivity contribution in [1.82, 2.24) is 0 Å². The molecular weight excluding hydrogens is 206 g/mol. The smallest absolute Gasteiger partial charge is 0.0525 e. The van der Waals surface area contributed by atoms with Crippen LogP contribution in [-0.2, 0) is 0 Å². The van der Waals surface area contributed by atoms with Crippen LogP contribution in [0.25, 0.3) is 22.9 Å². The summed E-state index contributed by atoms with van der Waals surface area (Å²) in [4.78, 5) is 2.44. The molecule has 0 atom stereocenters. The van der Waals surface area contributed by atoms with Gasteiger partial charge in [-0.15, -0.1) is 0 Å². The molecule has 1 heteroatoms. The van der Waals surface area contributed by atoms with Gasteiger partial charge in [0, 0.05) is 18.7 Å². The molecule has 2 aromatic carbocycles. The predicted molar refractivity (Wildman–Crippen MR) is 74.2 cm³/mol. The fraction of sp³-hybridized carbons (Fsp3) is 0.125. The van der Waals surface area contributed by atoms with Gasteiger partial charge in [-0.05, 0) is 22.4 Å². The van der Waals surface area contributed by atoms with E-state index in [1.165, 1.54) is 27.6 Å². The van der Waals surface area contributed by atoms with E-state index in [4.69, 9.17) is 0 Å². The van der Waals surface area contributed by atoms with Crippen molar-refractivity contribution in [2.24, 2.45) is 0 Å². The quantitative estimate of drug-likeness (QED) is 0.653. The molecule has 0 saturated heterocycles. The molecule has 17 heavy (non-hydrogen) atoms. The van der Waals surface area contributed by atoms with Gasteiger partial charge in [-0.2, -0.15) is 0 Å². The molecule has 0 spiro atoms. The molecule has 0 radical (unpaired) electrons. The Balaban J connectivity index is 2.19. The number of nitrogens with zero attached hydrogens (tertiary/aromatic N) is 1. The van der Waals surface area contributed by atoms with Crippen molar-refractivity contribution in [3.05, 3.63) is 53.6 Å². The van der Waals surface area contributed by atoms with Crippen LogP contribution in [0.2, 0.25) is 0 Å². The maximum absolute atomic E-state index is 2.44. The summed E-state index contributed by atoms with van der Waals surface area (Å²) in [6.07, 6.45) is 9.04. The molecule has 0 fully saturated rings. The third-order valence-corrected chi connectivity index (χ3v) is 3.64. The van der Waals surface area contributed by atoms with Crippen LogP contribution in [0.3, 0.4) is 0 Å². The summed E-state index contributed by atoms with van der Waals surface area (Å²) in [5, 5.41) is 2.70. The molecule has 2 aromatic rings. The van der Waals surface area contributed by atoms with Crippen LogP contribution in [0.15, 0.2) is 42.5 Å². The van der Waals surface area contributed by atoms with Gasteiger partial charge in [0.15, 0.2) is 0 Å². The Labute approximate surface area is 101 Å². The van der Waals surface area contributed by atoms with Crippen LogP contribution in [0.5, 0.6) is 0 Å². The minimum atomic E-state index is 1.03. The number of hydrogen-bond donors (Lipinski definition) is 0. The zero-order chi connectivity index (χ0) is 11.2. The molecule has 2 aliphatic rings. The fourth-order valence-corrected chi connectivity index (χ4v) is 2.90. The Bertz CT molecular complexity index is 665. The molecule has 2 aliphatic heterocycles. The van der Waals surface area contributed by atoms with Crippen molar-refractivity contribution < 1.29 is 0 Å². The highest BCUT2D eigenvalue weighted by molar-refractivity contribution is 6.01. The third kappa shape index (κ3) is 1.19. The first-order valence-corrected chi connectivity index (χ1v) is 6.07. The average molecular weight is 219 g/mol. The van der Waals surface area contributed by atoms with Crippen LogP contribution >= 0.6 is 0 Å². The summed E-state index contributed by atoms with van der Waals surface area (Å²) in [6.45, 7) is 2.06. The lowest BCUT2D eigenvalue weighted by Gasteiger charge is -2.32. The van der Waals surface area contributed by atoms with Crippen molar-refractivity contribution in [3.63, 3.8) is 0 Å². The standard InChI is InChI=1S/C16H13N/c1-2-7-14-12(5-1)11-13-6-3-9-17-10-4-8-15(14)16(13)17/h1-8,11H,9-10H2. The van der Waals surface area contributed by atoms with Crippen LogP contribution in [0.4, 0.5) is 5.69 Å². The Hall–Kier alpha value is -2.02. The molecule has 1 nitrogen and oxygen atoms in total. The van der Waals surface area contributed by atoms with Gasteiger partial charge in [0.25, 0.3) is 0 Å². The van der Waals surface area contributed by atoms with Gasteiger partial charge in [0.05, 0.1) is 5.69 Å². The largest absolute Gasteiger partial charge is 0.363 e. The monoisotopic (exact) mass is 219 g/mol. The van der Waals surface area contributed by atoms with Gasteiger partial charge in [-0.1, -0.05) is 48.6 Å². The zero-order valence-corrected chi connectivity index (χ0v) is 9.56. The van der Waals surface area contributed by atoms with E-state index in [0.717, 1.165) is 13.1 Å². The molecule has 0 saturated carbocycles. The summed E-state index contributed by atoms with van der Waals surface area (Å²) < 4.78 is 0. The first kappa shape index (κ1) is 9.06. The van der Waals surface area contributed by atoms with Crippen molar-refractivity contribution in [2.45, 2.75) is 0 Å². The van der Waals surface area contributed by atoms with Crippen LogP contribution in [-0.4, -0.2) is 13.1 Å². The lowest BCUT2D eigenvalue weighted by Crippen LogP contribution is -2.28.